The highest BCUT2D eigenvalue weighted by Gasteiger charge is 2.57. The number of alkyl halides is 3. The first kappa shape index (κ1) is 19.9. The van der Waals surface area contributed by atoms with Gasteiger partial charge in [0.2, 0.25) is 0 Å². The Labute approximate surface area is 155 Å². The molecule has 0 aromatic carbocycles. The number of esters is 1. The van der Waals surface area contributed by atoms with Crippen molar-refractivity contribution in [2.75, 3.05) is 6.54 Å². The van der Waals surface area contributed by atoms with E-state index in [1.165, 1.54) is 0 Å². The molecular formula is C18H25F3N2O4. The molecule has 0 radical (unpaired) electrons. The lowest BCUT2D eigenvalue weighted by molar-refractivity contribution is -0.226. The summed E-state index contributed by atoms with van der Waals surface area (Å²) in [5.74, 6) is -2.32. The van der Waals surface area contributed by atoms with Crippen LogP contribution in [0.4, 0.5) is 18.0 Å². The van der Waals surface area contributed by atoms with Crippen LogP contribution in [0.25, 0.3) is 0 Å². The number of ether oxygens (including phenoxy) is 1. The number of carbonyl (C=O) groups excluding carboxylic acids is 3. The number of halogens is 3. The molecule has 0 bridgehead atoms. The molecule has 152 valence electrons. The van der Waals surface area contributed by atoms with E-state index in [1.54, 1.807) is 0 Å². The van der Waals surface area contributed by atoms with Gasteiger partial charge in [0, 0.05) is 5.92 Å². The number of nitrogens with zero attached hydrogens (tertiary/aromatic N) is 1. The van der Waals surface area contributed by atoms with E-state index in [9.17, 15) is 27.6 Å². The van der Waals surface area contributed by atoms with E-state index in [0.29, 0.717) is 30.6 Å². The van der Waals surface area contributed by atoms with Gasteiger partial charge in [-0.25, -0.2) is 4.79 Å². The van der Waals surface area contributed by atoms with Crippen LogP contribution in [0.3, 0.4) is 0 Å². The maximum Gasteiger partial charge on any atom is 0.425 e. The molecule has 2 aliphatic carbocycles. The highest BCUT2D eigenvalue weighted by Crippen LogP contribution is 2.46. The summed E-state index contributed by atoms with van der Waals surface area (Å²) in [6, 6.07) is -0.753. The number of urea groups is 1. The third-order valence-electron chi connectivity index (χ3n) is 5.54. The van der Waals surface area contributed by atoms with Gasteiger partial charge < -0.3 is 10.1 Å². The fourth-order valence-electron chi connectivity index (χ4n) is 4.79. The summed E-state index contributed by atoms with van der Waals surface area (Å²) in [6.45, 7) is 5.19. The lowest BCUT2D eigenvalue weighted by Crippen LogP contribution is -2.54. The van der Waals surface area contributed by atoms with Gasteiger partial charge in [0.15, 0.2) is 6.10 Å². The van der Waals surface area contributed by atoms with Crippen molar-refractivity contribution in [3.63, 3.8) is 0 Å². The van der Waals surface area contributed by atoms with E-state index in [-0.39, 0.29) is 11.3 Å². The molecular weight excluding hydrogens is 365 g/mol. The van der Waals surface area contributed by atoms with Gasteiger partial charge in [0.1, 0.15) is 12.1 Å². The molecule has 6 nitrogen and oxygen atoms in total. The highest BCUT2D eigenvalue weighted by atomic mass is 19.4. The number of imide groups is 1. The first-order valence-corrected chi connectivity index (χ1v) is 9.23. The fourth-order valence-corrected chi connectivity index (χ4v) is 4.79. The quantitative estimate of drug-likeness (QED) is 0.591. The van der Waals surface area contributed by atoms with Gasteiger partial charge in [-0.05, 0) is 43.4 Å². The molecule has 3 atom stereocenters. The smallest absolute Gasteiger partial charge is 0.425 e. The summed E-state index contributed by atoms with van der Waals surface area (Å²) in [5.41, 5.74) is -1.27. The highest BCUT2D eigenvalue weighted by molar-refractivity contribution is 6.08. The standard InChI is InChI=1S/C18H25F3N2O4/c1-10-6-16(2,3)9-17(7-10)14(25)23(15(26)22-17)8-12(24)27-13(11-4-5-11)18(19,20)21/h10-11,13H,4-9H2,1-3H3,(H,22,26). The third-order valence-corrected chi connectivity index (χ3v) is 5.54. The van der Waals surface area contributed by atoms with Crippen LogP contribution >= 0.6 is 0 Å². The maximum absolute atomic E-state index is 13.0. The minimum absolute atomic E-state index is 0.176. The predicted molar refractivity (Wildman–Crippen MR) is 88.4 cm³/mol. The number of amides is 3. The van der Waals surface area contributed by atoms with Crippen LogP contribution in [0.2, 0.25) is 0 Å². The lowest BCUT2D eigenvalue weighted by atomic mass is 9.64. The van der Waals surface area contributed by atoms with Crippen LogP contribution in [0.5, 0.6) is 0 Å². The zero-order chi connectivity index (χ0) is 20.2. The molecule has 3 fully saturated rings. The SMILES string of the molecule is CC1CC(C)(C)CC2(C1)NC(=O)N(CC(=O)OC(C1CC1)C(F)(F)F)C2=O. The summed E-state index contributed by atoms with van der Waals surface area (Å²) in [6.07, 6.45) is -4.37. The molecule has 1 N–H and O–H groups in total. The zero-order valence-corrected chi connectivity index (χ0v) is 15.7. The van der Waals surface area contributed by atoms with Crippen LogP contribution in [0.15, 0.2) is 0 Å². The molecule has 1 spiro atoms. The minimum Gasteiger partial charge on any atom is -0.451 e. The molecule has 1 heterocycles. The number of nitrogens with one attached hydrogen (secondary N) is 1. The average molecular weight is 390 g/mol. The second kappa shape index (κ2) is 6.38. The first-order valence-electron chi connectivity index (χ1n) is 9.23. The Morgan fingerprint density at radius 1 is 1.30 bits per heavy atom. The predicted octanol–water partition coefficient (Wildman–Crippen LogP) is 3.01. The van der Waals surface area contributed by atoms with Gasteiger partial charge in [0.25, 0.3) is 5.91 Å². The van der Waals surface area contributed by atoms with Crippen LogP contribution in [-0.2, 0) is 14.3 Å². The minimum atomic E-state index is -4.65. The fraction of sp³-hybridized carbons (Fsp3) is 0.833. The summed E-state index contributed by atoms with van der Waals surface area (Å²) < 4.78 is 43.6. The normalized spacial score (nSPS) is 31.8. The summed E-state index contributed by atoms with van der Waals surface area (Å²) >= 11 is 0. The molecule has 27 heavy (non-hydrogen) atoms. The lowest BCUT2D eigenvalue weighted by Gasteiger charge is -2.43. The molecule has 3 rings (SSSR count). The topological polar surface area (TPSA) is 75.7 Å². The van der Waals surface area contributed by atoms with Crippen molar-refractivity contribution in [1.29, 1.82) is 0 Å². The van der Waals surface area contributed by atoms with Crippen LogP contribution in [-0.4, -0.2) is 47.2 Å². The van der Waals surface area contributed by atoms with E-state index < -0.39 is 48.2 Å². The molecule has 9 heteroatoms. The van der Waals surface area contributed by atoms with Crippen molar-refractivity contribution in [3.8, 4) is 0 Å². The number of hydrogen-bond acceptors (Lipinski definition) is 4. The van der Waals surface area contributed by atoms with E-state index in [4.69, 9.17) is 0 Å². The van der Waals surface area contributed by atoms with Crippen molar-refractivity contribution in [2.24, 2.45) is 17.3 Å². The zero-order valence-electron chi connectivity index (χ0n) is 15.7. The summed E-state index contributed by atoms with van der Waals surface area (Å²) in [5, 5.41) is 2.69. The van der Waals surface area contributed by atoms with Gasteiger partial charge in [0.05, 0.1) is 0 Å². The Hall–Kier alpha value is -1.80. The molecule has 0 aromatic heterocycles. The van der Waals surface area contributed by atoms with Gasteiger partial charge in [-0.2, -0.15) is 13.2 Å². The number of carbonyl (C=O) groups is 3. The Bertz CT molecular complexity index is 659. The molecule has 3 unspecified atom stereocenters. The average Bonchev–Trinajstić information content (AvgIpc) is 3.27. The summed E-state index contributed by atoms with van der Waals surface area (Å²) in [7, 11) is 0. The Morgan fingerprint density at radius 3 is 2.44 bits per heavy atom. The van der Waals surface area contributed by atoms with Gasteiger partial charge in [-0.3, -0.25) is 14.5 Å². The largest absolute Gasteiger partial charge is 0.451 e. The van der Waals surface area contributed by atoms with E-state index in [1.807, 2.05) is 20.8 Å². The molecule has 2 saturated carbocycles. The van der Waals surface area contributed by atoms with Crippen LogP contribution in [0.1, 0.15) is 52.9 Å². The van der Waals surface area contributed by atoms with E-state index >= 15 is 0 Å². The third kappa shape index (κ3) is 4.06. The van der Waals surface area contributed by atoms with Crippen molar-refractivity contribution in [2.45, 2.75) is 70.7 Å². The second-order valence-electron chi connectivity index (χ2n) is 9.05. The van der Waals surface area contributed by atoms with E-state index in [0.717, 1.165) is 6.42 Å². The number of rotatable bonds is 4. The molecule has 1 aliphatic heterocycles. The van der Waals surface area contributed by atoms with Crippen molar-refractivity contribution in [1.82, 2.24) is 10.2 Å². The maximum atomic E-state index is 13.0. The molecule has 0 aromatic rings. The second-order valence-corrected chi connectivity index (χ2v) is 9.05. The van der Waals surface area contributed by atoms with Crippen molar-refractivity contribution >= 4 is 17.9 Å². The Kier molecular flexibility index (Phi) is 4.71. The molecule has 1 saturated heterocycles. The van der Waals surface area contributed by atoms with Crippen molar-refractivity contribution in [3.05, 3.63) is 0 Å². The van der Waals surface area contributed by atoms with Gasteiger partial charge >= 0.3 is 18.2 Å². The monoisotopic (exact) mass is 390 g/mol. The van der Waals surface area contributed by atoms with Crippen LogP contribution < -0.4 is 5.32 Å². The Balaban J connectivity index is 1.69. The van der Waals surface area contributed by atoms with E-state index in [2.05, 4.69) is 10.1 Å². The molecule has 3 aliphatic rings. The van der Waals surface area contributed by atoms with Crippen LogP contribution in [0, 0.1) is 17.3 Å². The van der Waals surface area contributed by atoms with Crippen molar-refractivity contribution < 1.29 is 32.3 Å². The van der Waals surface area contributed by atoms with Gasteiger partial charge in [-0.1, -0.05) is 20.8 Å². The first-order chi connectivity index (χ1) is 12.3. The number of hydrogen-bond donors (Lipinski definition) is 1. The Morgan fingerprint density at radius 2 is 1.93 bits per heavy atom. The van der Waals surface area contributed by atoms with Gasteiger partial charge in [-0.15, -0.1) is 0 Å². The summed E-state index contributed by atoms with van der Waals surface area (Å²) in [4.78, 5) is 37.9. The molecule has 3 amide bonds.